The van der Waals surface area contributed by atoms with Crippen molar-refractivity contribution in [3.8, 4) is 11.3 Å². The molecule has 6 nitrogen and oxygen atoms in total. The monoisotopic (exact) mass is 374 g/mol. The average molecular weight is 374 g/mol. The van der Waals surface area contributed by atoms with Gasteiger partial charge in [-0.1, -0.05) is 6.07 Å². The van der Waals surface area contributed by atoms with Crippen LogP contribution in [0.1, 0.15) is 24.2 Å². The zero-order valence-corrected chi connectivity index (χ0v) is 16.4. The van der Waals surface area contributed by atoms with E-state index in [1.54, 1.807) is 6.07 Å². The highest BCUT2D eigenvalue weighted by molar-refractivity contribution is 5.97. The topological polar surface area (TPSA) is 71.1 Å². The molecule has 0 spiro atoms. The van der Waals surface area contributed by atoms with Gasteiger partial charge in [0.15, 0.2) is 0 Å². The van der Waals surface area contributed by atoms with E-state index < -0.39 is 0 Å². The van der Waals surface area contributed by atoms with Gasteiger partial charge in [0.05, 0.1) is 41.3 Å². The van der Waals surface area contributed by atoms with Gasteiger partial charge in [0, 0.05) is 29.4 Å². The van der Waals surface area contributed by atoms with Crippen LogP contribution in [0.3, 0.4) is 0 Å². The van der Waals surface area contributed by atoms with Crippen LogP contribution < -0.4 is 4.90 Å². The van der Waals surface area contributed by atoms with Crippen LogP contribution in [-0.2, 0) is 4.74 Å². The quantitative estimate of drug-likeness (QED) is 0.536. The zero-order chi connectivity index (χ0) is 19.8. The number of anilines is 1. The summed E-state index contributed by atoms with van der Waals surface area (Å²) in [7, 11) is 3.44. The first kappa shape index (κ1) is 18.0. The Kier molecular flexibility index (Phi) is 4.47. The smallest absolute Gasteiger partial charge is 0.337 e. The second-order valence-corrected chi connectivity index (χ2v) is 7.13. The van der Waals surface area contributed by atoms with Gasteiger partial charge in [0.1, 0.15) is 0 Å². The van der Waals surface area contributed by atoms with Crippen molar-refractivity contribution in [2.75, 3.05) is 19.1 Å². The molecule has 0 aliphatic carbocycles. The summed E-state index contributed by atoms with van der Waals surface area (Å²) in [6, 6.07) is 14.0. The Morgan fingerprint density at radius 1 is 1.11 bits per heavy atom. The minimum absolute atomic E-state index is 0.291. The summed E-state index contributed by atoms with van der Waals surface area (Å²) in [5.41, 5.74) is 5.27. The first-order chi connectivity index (χ1) is 13.5. The fraction of sp³-hybridized carbons (Fsp3) is 0.227. The lowest BCUT2D eigenvalue weighted by Gasteiger charge is -2.26. The number of aromatic amines is 1. The van der Waals surface area contributed by atoms with Crippen LogP contribution in [0.15, 0.2) is 48.7 Å². The Morgan fingerprint density at radius 2 is 1.93 bits per heavy atom. The van der Waals surface area contributed by atoms with Crippen molar-refractivity contribution >= 4 is 33.5 Å². The van der Waals surface area contributed by atoms with Gasteiger partial charge in [0.25, 0.3) is 0 Å². The Morgan fingerprint density at radius 3 is 2.68 bits per heavy atom. The normalized spacial score (nSPS) is 11.3. The van der Waals surface area contributed by atoms with Crippen LogP contribution in [0.25, 0.3) is 33.1 Å². The number of carbonyl (C=O) groups excluding carboxylic acids is 1. The van der Waals surface area contributed by atoms with Crippen molar-refractivity contribution < 1.29 is 9.53 Å². The van der Waals surface area contributed by atoms with E-state index in [9.17, 15) is 4.79 Å². The third-order valence-corrected chi connectivity index (χ3v) is 5.08. The summed E-state index contributed by atoms with van der Waals surface area (Å²) in [4.78, 5) is 19.0. The van der Waals surface area contributed by atoms with Crippen molar-refractivity contribution in [1.82, 2.24) is 15.2 Å². The molecule has 0 bridgehead atoms. The number of aromatic nitrogens is 3. The lowest BCUT2D eigenvalue weighted by atomic mass is 10.0. The third kappa shape index (κ3) is 3.07. The van der Waals surface area contributed by atoms with Gasteiger partial charge >= 0.3 is 5.97 Å². The van der Waals surface area contributed by atoms with Crippen LogP contribution >= 0.6 is 0 Å². The number of hydrogen-bond acceptors (Lipinski definition) is 5. The van der Waals surface area contributed by atoms with Crippen LogP contribution in [-0.4, -0.2) is 41.3 Å². The summed E-state index contributed by atoms with van der Waals surface area (Å²) in [6.45, 7) is 4.27. The molecule has 0 saturated heterocycles. The Bertz CT molecular complexity index is 1180. The number of ether oxygens (including phenoxy) is 1. The molecule has 2 heterocycles. The van der Waals surface area contributed by atoms with E-state index in [1.165, 1.54) is 7.11 Å². The molecular weight excluding hydrogens is 352 g/mol. The van der Waals surface area contributed by atoms with E-state index in [1.807, 2.05) is 24.4 Å². The highest BCUT2D eigenvalue weighted by Crippen LogP contribution is 2.34. The molecule has 2 aromatic carbocycles. The van der Waals surface area contributed by atoms with E-state index in [-0.39, 0.29) is 5.97 Å². The van der Waals surface area contributed by atoms with Gasteiger partial charge < -0.3 is 9.64 Å². The summed E-state index contributed by atoms with van der Waals surface area (Å²) in [6.07, 6.45) is 1.81. The van der Waals surface area contributed by atoms with Gasteiger partial charge in [0.2, 0.25) is 0 Å². The van der Waals surface area contributed by atoms with Crippen LogP contribution in [0.5, 0.6) is 0 Å². The fourth-order valence-corrected chi connectivity index (χ4v) is 3.26. The first-order valence-corrected chi connectivity index (χ1v) is 9.17. The standard InChI is InChI=1S/C22H22N4O2/c1-13(2)26(3)20-11-16-10-15(22(27)28-4)6-7-18(16)24-21(20)14-5-8-19-17(9-14)12-23-25-19/h5-13H,1-4H3,(H,23,25). The molecule has 4 aromatic rings. The predicted octanol–water partition coefficient (Wildman–Crippen LogP) is 4.41. The van der Waals surface area contributed by atoms with Gasteiger partial charge in [-0.25, -0.2) is 9.78 Å². The fourth-order valence-electron chi connectivity index (χ4n) is 3.26. The molecule has 142 valence electrons. The number of carbonyl (C=O) groups is 1. The van der Waals surface area contributed by atoms with E-state index >= 15 is 0 Å². The molecule has 0 unspecified atom stereocenters. The SMILES string of the molecule is COC(=O)c1ccc2nc(-c3ccc4[nH]ncc4c3)c(N(C)C(C)C)cc2c1. The Balaban J connectivity index is 1.94. The molecule has 6 heteroatoms. The third-order valence-electron chi connectivity index (χ3n) is 5.08. The zero-order valence-electron chi connectivity index (χ0n) is 16.4. The van der Waals surface area contributed by atoms with Gasteiger partial charge in [-0.05, 0) is 50.2 Å². The van der Waals surface area contributed by atoms with E-state index in [4.69, 9.17) is 9.72 Å². The van der Waals surface area contributed by atoms with Gasteiger partial charge in [-0.3, -0.25) is 5.10 Å². The van der Waals surface area contributed by atoms with E-state index in [2.05, 4.69) is 54.2 Å². The predicted molar refractivity (Wildman–Crippen MR) is 112 cm³/mol. The maximum Gasteiger partial charge on any atom is 0.337 e. The number of nitrogens with zero attached hydrogens (tertiary/aromatic N) is 3. The summed E-state index contributed by atoms with van der Waals surface area (Å²) in [5.74, 6) is -0.352. The summed E-state index contributed by atoms with van der Waals surface area (Å²) < 4.78 is 4.85. The number of benzene rings is 2. The van der Waals surface area contributed by atoms with Crippen molar-refractivity contribution in [1.29, 1.82) is 0 Å². The second kappa shape index (κ2) is 6.96. The molecule has 0 amide bonds. The molecule has 0 radical (unpaired) electrons. The molecule has 4 rings (SSSR count). The molecule has 28 heavy (non-hydrogen) atoms. The highest BCUT2D eigenvalue weighted by Gasteiger charge is 2.17. The molecule has 0 aliphatic heterocycles. The molecule has 0 aliphatic rings. The number of hydrogen-bond donors (Lipinski definition) is 1. The summed E-state index contributed by atoms with van der Waals surface area (Å²) in [5, 5.41) is 9.03. The van der Waals surface area contributed by atoms with Crippen molar-refractivity contribution in [2.45, 2.75) is 19.9 Å². The average Bonchev–Trinajstić information content (AvgIpc) is 3.18. The Labute approximate surface area is 163 Å². The van der Waals surface area contributed by atoms with Crippen LogP contribution in [0.4, 0.5) is 5.69 Å². The molecule has 0 atom stereocenters. The number of H-pyrrole nitrogens is 1. The van der Waals surface area contributed by atoms with Gasteiger partial charge in [-0.2, -0.15) is 5.10 Å². The summed E-state index contributed by atoms with van der Waals surface area (Å²) >= 11 is 0. The first-order valence-electron chi connectivity index (χ1n) is 9.17. The second-order valence-electron chi connectivity index (χ2n) is 7.13. The molecule has 1 N–H and O–H groups in total. The van der Waals surface area contributed by atoms with E-state index in [0.717, 1.165) is 38.8 Å². The van der Waals surface area contributed by atoms with Crippen molar-refractivity contribution in [2.24, 2.45) is 0 Å². The molecule has 2 aromatic heterocycles. The number of rotatable bonds is 4. The van der Waals surface area contributed by atoms with Crippen molar-refractivity contribution in [3.63, 3.8) is 0 Å². The van der Waals surface area contributed by atoms with Crippen molar-refractivity contribution in [3.05, 3.63) is 54.2 Å². The van der Waals surface area contributed by atoms with Crippen LogP contribution in [0.2, 0.25) is 0 Å². The minimum Gasteiger partial charge on any atom is -0.465 e. The molecule has 0 saturated carbocycles. The number of nitrogens with one attached hydrogen (secondary N) is 1. The maximum absolute atomic E-state index is 11.9. The minimum atomic E-state index is -0.352. The van der Waals surface area contributed by atoms with Crippen LogP contribution in [0, 0.1) is 0 Å². The molecular formula is C22H22N4O2. The number of pyridine rings is 1. The largest absolute Gasteiger partial charge is 0.465 e. The lowest BCUT2D eigenvalue weighted by molar-refractivity contribution is 0.0601. The highest BCUT2D eigenvalue weighted by atomic mass is 16.5. The number of esters is 1. The van der Waals surface area contributed by atoms with E-state index in [0.29, 0.717) is 11.6 Å². The number of methoxy groups -OCH3 is 1. The Hall–Kier alpha value is -3.41. The molecule has 0 fully saturated rings. The lowest BCUT2D eigenvalue weighted by Crippen LogP contribution is -2.26. The van der Waals surface area contributed by atoms with Gasteiger partial charge in [-0.15, -0.1) is 0 Å². The maximum atomic E-state index is 11.9. The number of fused-ring (bicyclic) bond motifs is 2.